The molecule has 3 unspecified atom stereocenters. The van der Waals surface area contributed by atoms with Crippen LogP contribution in [-0.2, 0) is 10.8 Å². The molecule has 0 radical (unpaired) electrons. The van der Waals surface area contributed by atoms with Crippen molar-refractivity contribution in [1.29, 1.82) is 0 Å². The van der Waals surface area contributed by atoms with Gasteiger partial charge in [-0.25, -0.2) is 0 Å². The summed E-state index contributed by atoms with van der Waals surface area (Å²) in [6.45, 7) is 14.1. The molecule has 0 saturated carbocycles. The van der Waals surface area contributed by atoms with Crippen LogP contribution in [0.5, 0.6) is 0 Å². The van der Waals surface area contributed by atoms with E-state index in [9.17, 15) is 0 Å². The fourth-order valence-corrected chi connectivity index (χ4v) is 7.74. The van der Waals surface area contributed by atoms with Crippen LogP contribution in [0.25, 0.3) is 22.4 Å². The normalized spacial score (nSPS) is 24.8. The topological polar surface area (TPSA) is 0 Å². The van der Waals surface area contributed by atoms with Crippen LogP contribution in [0.1, 0.15) is 81.7 Å². The van der Waals surface area contributed by atoms with E-state index in [0.29, 0.717) is 5.92 Å². The van der Waals surface area contributed by atoms with Gasteiger partial charge >= 0.3 is 0 Å². The fraction of sp³-hybridized carbons (Fsp3) is 0.286. The molecule has 0 saturated heterocycles. The van der Waals surface area contributed by atoms with Gasteiger partial charge in [-0.1, -0.05) is 163 Å². The second-order valence-electron chi connectivity index (χ2n) is 14.3. The van der Waals surface area contributed by atoms with Gasteiger partial charge in [0.05, 0.1) is 0 Å². The fourth-order valence-electron chi connectivity index (χ4n) is 7.74. The Hall–Kier alpha value is -3.90. The van der Waals surface area contributed by atoms with Crippen LogP contribution in [0.3, 0.4) is 0 Å². The summed E-state index contributed by atoms with van der Waals surface area (Å²) in [7, 11) is 0. The summed E-state index contributed by atoms with van der Waals surface area (Å²) in [5.41, 5.74) is 11.2. The van der Waals surface area contributed by atoms with Crippen LogP contribution in [0.2, 0.25) is 0 Å². The van der Waals surface area contributed by atoms with E-state index in [1.165, 1.54) is 55.3 Å². The summed E-state index contributed by atoms with van der Waals surface area (Å²) in [6.07, 6.45) is 13.5. The first kappa shape index (κ1) is 27.0. The van der Waals surface area contributed by atoms with Crippen molar-refractivity contribution in [2.24, 2.45) is 11.3 Å². The lowest BCUT2D eigenvalue weighted by Gasteiger charge is -2.43. The van der Waals surface area contributed by atoms with Crippen molar-refractivity contribution in [2.75, 3.05) is 0 Å². The molecular weight excluding hydrogens is 504 g/mol. The summed E-state index contributed by atoms with van der Waals surface area (Å²) < 4.78 is 0. The Morgan fingerprint density at radius 1 is 0.810 bits per heavy atom. The summed E-state index contributed by atoms with van der Waals surface area (Å²) in [5, 5.41) is 2.65. The molecule has 0 fully saturated rings. The van der Waals surface area contributed by atoms with Gasteiger partial charge in [-0.05, 0) is 78.5 Å². The lowest BCUT2D eigenvalue weighted by molar-refractivity contribution is 0.308. The van der Waals surface area contributed by atoms with Crippen molar-refractivity contribution in [3.8, 4) is 0 Å². The van der Waals surface area contributed by atoms with Crippen molar-refractivity contribution < 1.29 is 0 Å². The maximum atomic E-state index is 2.66. The molecule has 0 bridgehead atoms. The average Bonchev–Trinajstić information content (AvgIpc) is 3.55. The molecule has 0 N–H and O–H groups in total. The van der Waals surface area contributed by atoms with Crippen molar-refractivity contribution in [1.82, 2.24) is 0 Å². The number of hydrogen-bond acceptors (Lipinski definition) is 0. The number of fused-ring (bicyclic) bond motifs is 3. The highest BCUT2D eigenvalue weighted by Gasteiger charge is 2.52. The summed E-state index contributed by atoms with van der Waals surface area (Å²) >= 11 is 0. The van der Waals surface area contributed by atoms with Gasteiger partial charge in [0.25, 0.3) is 0 Å². The molecule has 0 spiro atoms. The molecule has 4 aromatic carbocycles. The highest BCUT2D eigenvalue weighted by molar-refractivity contribution is 5.96. The van der Waals surface area contributed by atoms with Crippen LogP contribution < -0.4 is 0 Å². The quantitative estimate of drug-likeness (QED) is 0.239. The smallest absolute Gasteiger partial charge is 0.0500 e. The molecule has 42 heavy (non-hydrogen) atoms. The maximum absolute atomic E-state index is 2.66. The highest BCUT2D eigenvalue weighted by atomic mass is 14.5. The van der Waals surface area contributed by atoms with E-state index in [0.717, 1.165) is 6.42 Å². The zero-order chi connectivity index (χ0) is 29.3. The molecular formula is C42H42. The first-order valence-electron chi connectivity index (χ1n) is 15.6. The zero-order valence-corrected chi connectivity index (χ0v) is 25.9. The third kappa shape index (κ3) is 4.03. The number of rotatable bonds is 4. The van der Waals surface area contributed by atoms with Gasteiger partial charge in [-0.2, -0.15) is 0 Å². The van der Waals surface area contributed by atoms with E-state index in [1.807, 2.05) is 0 Å². The Balaban J connectivity index is 1.54. The number of allylic oxidation sites excluding steroid dienone is 7. The molecule has 0 heterocycles. The highest BCUT2D eigenvalue weighted by Crippen LogP contribution is 2.63. The van der Waals surface area contributed by atoms with E-state index in [4.69, 9.17) is 0 Å². The van der Waals surface area contributed by atoms with Crippen molar-refractivity contribution >= 4 is 22.4 Å². The summed E-state index contributed by atoms with van der Waals surface area (Å²) in [4.78, 5) is 0. The Morgan fingerprint density at radius 2 is 1.52 bits per heavy atom. The summed E-state index contributed by atoms with van der Waals surface area (Å²) in [5.74, 6) is 0.707. The van der Waals surface area contributed by atoms with Crippen LogP contribution in [0.15, 0.2) is 126 Å². The van der Waals surface area contributed by atoms with Crippen LogP contribution in [-0.4, -0.2) is 0 Å². The largest absolute Gasteiger partial charge is 0.0732 e. The lowest BCUT2D eigenvalue weighted by Crippen LogP contribution is -2.35. The molecule has 4 aromatic rings. The second-order valence-corrected chi connectivity index (χ2v) is 14.3. The molecule has 0 aliphatic heterocycles. The van der Waals surface area contributed by atoms with Crippen molar-refractivity contribution in [3.05, 3.63) is 154 Å². The molecule has 0 nitrogen and oxygen atoms in total. The Labute approximate surface area is 252 Å². The van der Waals surface area contributed by atoms with E-state index in [1.54, 1.807) is 0 Å². The molecule has 3 atom stereocenters. The predicted molar refractivity (Wildman–Crippen MR) is 181 cm³/mol. The average molecular weight is 547 g/mol. The van der Waals surface area contributed by atoms with Crippen LogP contribution in [0.4, 0.5) is 0 Å². The molecule has 0 aromatic heterocycles. The van der Waals surface area contributed by atoms with E-state index >= 15 is 0 Å². The minimum atomic E-state index is -0.335. The van der Waals surface area contributed by atoms with Gasteiger partial charge < -0.3 is 0 Å². The molecule has 210 valence electrons. The first-order chi connectivity index (χ1) is 20.1. The predicted octanol–water partition coefficient (Wildman–Crippen LogP) is 11.2. The van der Waals surface area contributed by atoms with Gasteiger partial charge in [-0.3, -0.25) is 0 Å². The van der Waals surface area contributed by atoms with Crippen molar-refractivity contribution in [3.63, 3.8) is 0 Å². The SMILES string of the molecule is CC(C)C1(C)C=C2C(=CC=CC2(c2cccc3ccccc23)C2C(c3ccc(C(C)(C)C)cc3)=Cc3ccccc32)C1. The van der Waals surface area contributed by atoms with E-state index in [-0.39, 0.29) is 22.2 Å². The lowest BCUT2D eigenvalue weighted by atomic mass is 9.58. The number of hydrogen-bond donors (Lipinski definition) is 0. The van der Waals surface area contributed by atoms with Gasteiger partial charge in [0.1, 0.15) is 0 Å². The Kier molecular flexibility index (Phi) is 6.14. The Morgan fingerprint density at radius 3 is 2.29 bits per heavy atom. The first-order valence-corrected chi connectivity index (χ1v) is 15.6. The number of benzene rings is 4. The minimum Gasteiger partial charge on any atom is -0.0732 e. The molecule has 0 heteroatoms. The van der Waals surface area contributed by atoms with Crippen LogP contribution in [0, 0.1) is 11.3 Å². The third-order valence-electron chi connectivity index (χ3n) is 10.5. The summed E-state index contributed by atoms with van der Waals surface area (Å²) in [6, 6.07) is 34.4. The maximum Gasteiger partial charge on any atom is 0.0500 e. The van der Waals surface area contributed by atoms with Crippen LogP contribution >= 0.6 is 0 Å². The van der Waals surface area contributed by atoms with Crippen molar-refractivity contribution in [2.45, 2.75) is 64.7 Å². The zero-order valence-electron chi connectivity index (χ0n) is 25.9. The molecule has 3 aliphatic rings. The second kappa shape index (κ2) is 9.56. The third-order valence-corrected chi connectivity index (χ3v) is 10.5. The molecule has 7 rings (SSSR count). The van der Waals surface area contributed by atoms with Gasteiger partial charge in [0.15, 0.2) is 0 Å². The standard InChI is InChI=1S/C42H42/c1-28(2)41(6)26-32-16-12-24-42(38(32)27-41,37-19-11-15-29-13-7-9-17-34(29)37)39-35-18-10-8-14-31(35)25-36(39)30-20-22-33(23-21-30)40(3,4)5/h7-25,27-28,39H,26H2,1-6H3. The minimum absolute atomic E-state index is 0.122. The van der Waals surface area contributed by atoms with Gasteiger partial charge in [0, 0.05) is 11.3 Å². The molecule has 3 aliphatic carbocycles. The van der Waals surface area contributed by atoms with Gasteiger partial charge in [0.2, 0.25) is 0 Å². The van der Waals surface area contributed by atoms with E-state index < -0.39 is 0 Å². The Bertz CT molecular complexity index is 1810. The van der Waals surface area contributed by atoms with Gasteiger partial charge in [-0.15, -0.1) is 0 Å². The molecule has 0 amide bonds. The monoisotopic (exact) mass is 546 g/mol. The van der Waals surface area contributed by atoms with E-state index in [2.05, 4.69) is 163 Å².